The van der Waals surface area contributed by atoms with Gasteiger partial charge in [0.2, 0.25) is 0 Å². The Morgan fingerprint density at radius 2 is 2.14 bits per heavy atom. The number of benzene rings is 2. The third-order valence-corrected chi connectivity index (χ3v) is 5.95. The van der Waals surface area contributed by atoms with Gasteiger partial charge in [-0.05, 0) is 50.1 Å². The molecule has 2 N–H and O–H groups in total. The van der Waals surface area contributed by atoms with Crippen LogP contribution in [0.3, 0.4) is 0 Å². The maximum Gasteiger partial charge on any atom is 0.265 e. The molecule has 1 saturated heterocycles. The molecule has 0 saturated carbocycles. The second-order valence-corrected chi connectivity index (χ2v) is 7.92. The first-order valence-electron chi connectivity index (χ1n) is 9.36. The van der Waals surface area contributed by atoms with Gasteiger partial charge in [0.05, 0.1) is 17.4 Å². The summed E-state index contributed by atoms with van der Waals surface area (Å²) in [6.45, 7) is 2.52. The molecule has 0 spiro atoms. The van der Waals surface area contributed by atoms with Gasteiger partial charge in [-0.25, -0.2) is 0 Å². The monoisotopic (exact) mass is 398 g/mol. The fourth-order valence-corrected chi connectivity index (χ4v) is 4.34. The van der Waals surface area contributed by atoms with Gasteiger partial charge in [-0.3, -0.25) is 9.59 Å². The van der Waals surface area contributed by atoms with E-state index < -0.39 is 6.10 Å². The number of fused-ring (bicyclic) bond motifs is 1. The minimum absolute atomic E-state index is 0.188. The maximum absolute atomic E-state index is 12.8. The van der Waals surface area contributed by atoms with E-state index in [1.54, 1.807) is 36.9 Å². The van der Waals surface area contributed by atoms with Crippen LogP contribution >= 0.6 is 11.8 Å². The molecular formula is C21H22N2O4S. The van der Waals surface area contributed by atoms with Crippen LogP contribution in [-0.4, -0.2) is 36.4 Å². The van der Waals surface area contributed by atoms with Crippen molar-refractivity contribution in [2.24, 2.45) is 0 Å². The summed E-state index contributed by atoms with van der Waals surface area (Å²) in [5.74, 6) is 1.04. The molecule has 6 nitrogen and oxygen atoms in total. The first-order chi connectivity index (χ1) is 13.6. The average molecular weight is 398 g/mol. The van der Waals surface area contributed by atoms with E-state index in [0.29, 0.717) is 22.7 Å². The summed E-state index contributed by atoms with van der Waals surface area (Å²) < 4.78 is 11.2. The second kappa shape index (κ2) is 8.24. The van der Waals surface area contributed by atoms with Crippen LogP contribution in [0.4, 0.5) is 11.4 Å². The predicted octanol–water partition coefficient (Wildman–Crippen LogP) is 3.93. The van der Waals surface area contributed by atoms with Gasteiger partial charge in [0.1, 0.15) is 5.75 Å². The van der Waals surface area contributed by atoms with Gasteiger partial charge in [-0.15, -0.1) is 11.8 Å². The Labute approximate surface area is 168 Å². The van der Waals surface area contributed by atoms with Gasteiger partial charge in [-0.1, -0.05) is 12.1 Å². The highest BCUT2D eigenvalue weighted by Crippen LogP contribution is 2.33. The molecule has 1 fully saturated rings. The van der Waals surface area contributed by atoms with Crippen molar-refractivity contribution in [3.05, 3.63) is 48.0 Å². The van der Waals surface area contributed by atoms with Gasteiger partial charge in [-0.2, -0.15) is 0 Å². The van der Waals surface area contributed by atoms with Crippen LogP contribution in [0.5, 0.6) is 5.75 Å². The molecule has 2 aliphatic heterocycles. The van der Waals surface area contributed by atoms with Crippen LogP contribution in [0.2, 0.25) is 0 Å². The van der Waals surface area contributed by atoms with Crippen molar-refractivity contribution >= 4 is 35.0 Å². The second-order valence-electron chi connectivity index (χ2n) is 6.86. The third kappa shape index (κ3) is 4.15. The summed E-state index contributed by atoms with van der Waals surface area (Å²) in [6.07, 6.45) is 1.90. The fourth-order valence-electron chi connectivity index (χ4n) is 3.22. The van der Waals surface area contributed by atoms with Crippen molar-refractivity contribution < 1.29 is 19.1 Å². The lowest BCUT2D eigenvalue weighted by Crippen LogP contribution is -2.34. The van der Waals surface area contributed by atoms with E-state index in [2.05, 4.69) is 10.6 Å². The number of rotatable bonds is 5. The summed E-state index contributed by atoms with van der Waals surface area (Å²) in [4.78, 5) is 25.6. The SMILES string of the molecule is C[C@@H]1Oc2ccc(NC(=O)c3ccccc3SC[C@@H]3CCCO3)cc2NC1=O. The molecule has 2 atom stereocenters. The molecule has 2 amide bonds. The molecule has 2 heterocycles. The quantitative estimate of drug-likeness (QED) is 0.747. The van der Waals surface area contributed by atoms with Crippen molar-refractivity contribution in [3.63, 3.8) is 0 Å². The Morgan fingerprint density at radius 3 is 2.96 bits per heavy atom. The van der Waals surface area contributed by atoms with Crippen LogP contribution in [0, 0.1) is 0 Å². The van der Waals surface area contributed by atoms with Crippen molar-refractivity contribution in [2.45, 2.75) is 36.9 Å². The molecule has 146 valence electrons. The van der Waals surface area contributed by atoms with Crippen molar-refractivity contribution in [3.8, 4) is 5.75 Å². The first-order valence-corrected chi connectivity index (χ1v) is 10.3. The van der Waals surface area contributed by atoms with Gasteiger partial charge >= 0.3 is 0 Å². The normalized spacial score (nSPS) is 20.8. The molecule has 2 aliphatic rings. The molecule has 0 aliphatic carbocycles. The van der Waals surface area contributed by atoms with Crippen LogP contribution in [0.1, 0.15) is 30.1 Å². The van der Waals surface area contributed by atoms with Crippen LogP contribution in [0.15, 0.2) is 47.4 Å². The standard InChI is InChI=1S/C21H22N2O4S/c1-13-20(24)23-17-11-14(8-9-18(17)27-13)22-21(25)16-6-2-3-7-19(16)28-12-15-5-4-10-26-15/h2-3,6-9,11,13,15H,4-5,10,12H2,1H3,(H,22,25)(H,23,24)/t13-,15-/m0/s1. The molecule has 2 aromatic rings. The number of hydrogen-bond acceptors (Lipinski definition) is 5. The minimum Gasteiger partial charge on any atom is -0.479 e. The lowest BCUT2D eigenvalue weighted by Gasteiger charge is -2.23. The summed E-state index contributed by atoms with van der Waals surface area (Å²) in [7, 11) is 0. The van der Waals surface area contributed by atoms with E-state index in [-0.39, 0.29) is 17.9 Å². The molecular weight excluding hydrogens is 376 g/mol. The van der Waals surface area contributed by atoms with Crippen molar-refractivity contribution in [1.82, 2.24) is 0 Å². The Balaban J connectivity index is 1.47. The topological polar surface area (TPSA) is 76.7 Å². The van der Waals surface area contributed by atoms with Crippen molar-refractivity contribution in [1.29, 1.82) is 0 Å². The highest BCUT2D eigenvalue weighted by atomic mass is 32.2. The Kier molecular flexibility index (Phi) is 5.54. The zero-order valence-electron chi connectivity index (χ0n) is 15.6. The Hall–Kier alpha value is -2.51. The van der Waals surface area contributed by atoms with E-state index in [1.165, 1.54) is 0 Å². The van der Waals surface area contributed by atoms with Gasteiger partial charge < -0.3 is 20.1 Å². The number of ether oxygens (including phenoxy) is 2. The van der Waals surface area contributed by atoms with Gasteiger partial charge in [0.15, 0.2) is 6.10 Å². The lowest BCUT2D eigenvalue weighted by molar-refractivity contribution is -0.122. The largest absolute Gasteiger partial charge is 0.479 e. The number of hydrogen-bond donors (Lipinski definition) is 2. The molecule has 0 unspecified atom stereocenters. The van der Waals surface area contributed by atoms with E-state index >= 15 is 0 Å². The predicted molar refractivity (Wildman–Crippen MR) is 109 cm³/mol. The van der Waals surface area contributed by atoms with E-state index in [0.717, 1.165) is 30.1 Å². The van der Waals surface area contributed by atoms with Crippen LogP contribution < -0.4 is 15.4 Å². The lowest BCUT2D eigenvalue weighted by atomic mass is 10.2. The third-order valence-electron chi connectivity index (χ3n) is 4.75. The van der Waals surface area contributed by atoms with Gasteiger partial charge in [0.25, 0.3) is 11.8 Å². The van der Waals surface area contributed by atoms with E-state index in [1.807, 2.05) is 24.3 Å². The highest BCUT2D eigenvalue weighted by molar-refractivity contribution is 7.99. The fraction of sp³-hybridized carbons (Fsp3) is 0.333. The zero-order chi connectivity index (χ0) is 19.5. The van der Waals surface area contributed by atoms with Crippen LogP contribution in [-0.2, 0) is 9.53 Å². The highest BCUT2D eigenvalue weighted by Gasteiger charge is 2.24. The number of carbonyl (C=O) groups is 2. The zero-order valence-corrected chi connectivity index (χ0v) is 16.4. The molecule has 7 heteroatoms. The number of nitrogens with one attached hydrogen (secondary N) is 2. The number of carbonyl (C=O) groups excluding carboxylic acids is 2. The van der Waals surface area contributed by atoms with Gasteiger partial charge in [0, 0.05) is 22.9 Å². The Bertz CT molecular complexity index is 896. The van der Waals surface area contributed by atoms with Crippen molar-refractivity contribution in [2.75, 3.05) is 23.0 Å². The molecule has 2 aromatic carbocycles. The molecule has 4 rings (SSSR count). The van der Waals surface area contributed by atoms with E-state index in [4.69, 9.17) is 9.47 Å². The number of amides is 2. The smallest absolute Gasteiger partial charge is 0.265 e. The van der Waals surface area contributed by atoms with Crippen LogP contribution in [0.25, 0.3) is 0 Å². The summed E-state index contributed by atoms with van der Waals surface area (Å²) in [5.41, 5.74) is 1.78. The number of anilines is 2. The molecule has 0 aromatic heterocycles. The molecule has 0 radical (unpaired) electrons. The maximum atomic E-state index is 12.8. The average Bonchev–Trinajstić information content (AvgIpc) is 3.21. The Morgan fingerprint density at radius 1 is 1.29 bits per heavy atom. The van der Waals surface area contributed by atoms with E-state index in [9.17, 15) is 9.59 Å². The molecule has 0 bridgehead atoms. The summed E-state index contributed by atoms with van der Waals surface area (Å²) in [5, 5.41) is 5.71. The number of thioether (sulfide) groups is 1. The molecule has 28 heavy (non-hydrogen) atoms. The summed E-state index contributed by atoms with van der Waals surface area (Å²) in [6, 6.07) is 12.8. The minimum atomic E-state index is -0.527. The first kappa shape index (κ1) is 18.8. The summed E-state index contributed by atoms with van der Waals surface area (Å²) >= 11 is 1.64.